The van der Waals surface area contributed by atoms with Crippen molar-refractivity contribution < 1.29 is 28.3 Å². The Labute approximate surface area is 193 Å². The molecule has 4 amide bonds. The maximum atomic E-state index is 13.7. The lowest BCUT2D eigenvalue weighted by Crippen LogP contribution is -2.63. The summed E-state index contributed by atoms with van der Waals surface area (Å²) in [5.74, 6) is -2.04. The zero-order valence-electron chi connectivity index (χ0n) is 17.8. The highest BCUT2D eigenvalue weighted by Gasteiger charge is 2.48. The predicted molar refractivity (Wildman–Crippen MR) is 121 cm³/mol. The molecule has 10 heteroatoms. The average molecular weight is 469 g/mol. The molecule has 0 aliphatic carbocycles. The van der Waals surface area contributed by atoms with E-state index in [1.165, 1.54) is 55.0 Å². The largest absolute Gasteiger partial charge is 0.465 e. The molecule has 0 radical (unpaired) electrons. The van der Waals surface area contributed by atoms with Crippen molar-refractivity contribution in [3.05, 3.63) is 70.9 Å². The highest BCUT2D eigenvalue weighted by atomic mass is 32.2. The molecule has 1 saturated heterocycles. The Bertz CT molecular complexity index is 1180. The number of hydrogen-bond donors (Lipinski definition) is 1. The van der Waals surface area contributed by atoms with Gasteiger partial charge < -0.3 is 15.0 Å². The molecule has 2 aromatic rings. The number of rotatable bonds is 5. The topological polar surface area (TPSA) is 96.0 Å². The maximum Gasteiger partial charge on any atom is 0.339 e. The van der Waals surface area contributed by atoms with Gasteiger partial charge in [0.2, 0.25) is 5.91 Å². The molecular weight excluding hydrogens is 449 g/mol. The summed E-state index contributed by atoms with van der Waals surface area (Å²) in [4.78, 5) is 53.5. The number of nitrogens with one attached hydrogen (secondary N) is 1. The zero-order valence-corrected chi connectivity index (χ0v) is 18.6. The number of esters is 1. The van der Waals surface area contributed by atoms with Gasteiger partial charge in [0.15, 0.2) is 0 Å². The first kappa shape index (κ1) is 22.5. The number of thioether (sulfide) groups is 1. The number of carbonyl (C=O) groups is 4. The van der Waals surface area contributed by atoms with E-state index >= 15 is 0 Å². The molecule has 2 unspecified atom stereocenters. The number of amides is 4. The summed E-state index contributed by atoms with van der Waals surface area (Å²) >= 11 is 1.25. The fourth-order valence-electron chi connectivity index (χ4n) is 3.74. The molecule has 2 aliphatic rings. The number of para-hydroxylation sites is 1. The van der Waals surface area contributed by atoms with Gasteiger partial charge in [-0.1, -0.05) is 18.2 Å². The molecule has 4 rings (SSSR count). The minimum Gasteiger partial charge on any atom is -0.465 e. The highest BCUT2D eigenvalue weighted by molar-refractivity contribution is 8.03. The molecule has 0 saturated carbocycles. The number of carbonyl (C=O) groups excluding carboxylic acids is 4. The predicted octanol–water partition coefficient (Wildman–Crippen LogP) is 3.33. The van der Waals surface area contributed by atoms with Crippen LogP contribution in [0.5, 0.6) is 0 Å². The quantitative estimate of drug-likeness (QED) is 0.675. The molecule has 0 aromatic heterocycles. The summed E-state index contributed by atoms with van der Waals surface area (Å²) in [5, 5.41) is 3.74. The van der Waals surface area contributed by atoms with Crippen molar-refractivity contribution in [1.29, 1.82) is 0 Å². The van der Waals surface area contributed by atoms with Crippen LogP contribution in [0.3, 0.4) is 0 Å². The molecule has 33 heavy (non-hydrogen) atoms. The van der Waals surface area contributed by atoms with E-state index in [1.807, 2.05) is 0 Å². The number of ether oxygens (including phenoxy) is 1. The van der Waals surface area contributed by atoms with Crippen molar-refractivity contribution >= 4 is 47.0 Å². The lowest BCUT2D eigenvalue weighted by atomic mass is 10.1. The lowest BCUT2D eigenvalue weighted by Gasteiger charge is -2.40. The van der Waals surface area contributed by atoms with Crippen molar-refractivity contribution in [2.45, 2.75) is 18.2 Å². The number of halogens is 1. The van der Waals surface area contributed by atoms with Crippen molar-refractivity contribution in [1.82, 2.24) is 4.90 Å². The minimum atomic E-state index is -0.684. The molecule has 170 valence electrons. The molecule has 2 heterocycles. The number of urea groups is 1. The van der Waals surface area contributed by atoms with Gasteiger partial charge in [-0.25, -0.2) is 18.9 Å². The molecule has 2 aliphatic heterocycles. The van der Waals surface area contributed by atoms with Crippen LogP contribution in [0.25, 0.3) is 0 Å². The molecule has 1 fully saturated rings. The van der Waals surface area contributed by atoms with Crippen molar-refractivity contribution in [2.24, 2.45) is 0 Å². The van der Waals surface area contributed by atoms with E-state index in [0.717, 1.165) is 4.90 Å². The second-order valence-electron chi connectivity index (χ2n) is 7.48. The first-order chi connectivity index (χ1) is 15.8. The molecule has 2 aromatic carbocycles. The Morgan fingerprint density at radius 3 is 2.67 bits per heavy atom. The number of fused-ring (bicyclic) bond motifs is 1. The van der Waals surface area contributed by atoms with E-state index in [2.05, 4.69) is 5.32 Å². The van der Waals surface area contributed by atoms with Gasteiger partial charge in [0, 0.05) is 0 Å². The van der Waals surface area contributed by atoms with Gasteiger partial charge in [-0.2, -0.15) is 0 Å². The van der Waals surface area contributed by atoms with Gasteiger partial charge in [-0.05, 0) is 48.2 Å². The Morgan fingerprint density at radius 1 is 1.18 bits per heavy atom. The average Bonchev–Trinajstić information content (AvgIpc) is 3.29. The number of hydrogen-bond acceptors (Lipinski definition) is 6. The van der Waals surface area contributed by atoms with Crippen LogP contribution in [0.4, 0.5) is 20.6 Å². The molecule has 1 N–H and O–H groups in total. The standard InChI is InChI=1S/C23H20FN3O5S/c1-13-11-14(7-8-16(13)24)27-21(29)20-18(9-10-33-20)26(23(27)31)12-19(28)25-17-6-4-3-5-15(17)22(30)32-2/h3-11,18,20H,12H2,1-2H3,(H,25,28). The maximum absolute atomic E-state index is 13.7. The van der Waals surface area contributed by atoms with Gasteiger partial charge in [0.05, 0.1) is 30.1 Å². The monoisotopic (exact) mass is 469 g/mol. The van der Waals surface area contributed by atoms with Crippen LogP contribution < -0.4 is 10.2 Å². The van der Waals surface area contributed by atoms with E-state index in [-0.39, 0.29) is 29.0 Å². The number of benzene rings is 2. The fraction of sp³-hybridized carbons (Fsp3) is 0.217. The van der Waals surface area contributed by atoms with Crippen LogP contribution in [-0.2, 0) is 14.3 Å². The summed E-state index contributed by atoms with van der Waals surface area (Å²) in [7, 11) is 1.24. The Morgan fingerprint density at radius 2 is 1.94 bits per heavy atom. The molecule has 0 spiro atoms. The molecule has 0 bridgehead atoms. The van der Waals surface area contributed by atoms with E-state index in [9.17, 15) is 23.6 Å². The highest BCUT2D eigenvalue weighted by Crippen LogP contribution is 2.36. The number of aryl methyl sites for hydroxylation is 1. The van der Waals surface area contributed by atoms with E-state index in [0.29, 0.717) is 0 Å². The van der Waals surface area contributed by atoms with Crippen molar-refractivity contribution in [3.8, 4) is 0 Å². The van der Waals surface area contributed by atoms with Crippen molar-refractivity contribution in [3.63, 3.8) is 0 Å². The normalized spacial score (nSPS) is 19.5. The fourth-order valence-corrected chi connectivity index (χ4v) is 4.79. The number of nitrogens with zero attached hydrogens (tertiary/aromatic N) is 2. The first-order valence-electron chi connectivity index (χ1n) is 10.0. The van der Waals surface area contributed by atoms with Crippen LogP contribution >= 0.6 is 11.8 Å². The smallest absolute Gasteiger partial charge is 0.339 e. The third-order valence-electron chi connectivity index (χ3n) is 5.39. The third kappa shape index (κ3) is 4.21. The lowest BCUT2D eigenvalue weighted by molar-refractivity contribution is -0.121. The SMILES string of the molecule is COC(=O)c1ccccc1NC(=O)CN1C(=O)N(c2ccc(F)c(C)c2)C(=O)C2SC=CC21. The van der Waals surface area contributed by atoms with Gasteiger partial charge in [-0.15, -0.1) is 11.8 Å². The molecular formula is C23H20FN3O5S. The van der Waals surface area contributed by atoms with E-state index in [1.54, 1.807) is 29.7 Å². The Balaban J connectivity index is 1.60. The van der Waals surface area contributed by atoms with Crippen LogP contribution in [0.1, 0.15) is 15.9 Å². The summed E-state index contributed by atoms with van der Waals surface area (Å²) in [6.45, 7) is 1.18. The summed E-state index contributed by atoms with van der Waals surface area (Å²) in [5.41, 5.74) is 0.937. The Kier molecular flexibility index (Phi) is 6.19. The minimum absolute atomic E-state index is 0.172. The number of methoxy groups -OCH3 is 1. The van der Waals surface area contributed by atoms with Gasteiger partial charge in [0.25, 0.3) is 5.91 Å². The van der Waals surface area contributed by atoms with E-state index in [4.69, 9.17) is 4.74 Å². The zero-order chi connectivity index (χ0) is 23.7. The van der Waals surface area contributed by atoms with Crippen LogP contribution in [-0.4, -0.2) is 53.7 Å². The molecule has 2 atom stereocenters. The van der Waals surface area contributed by atoms with Gasteiger partial charge in [-0.3, -0.25) is 9.59 Å². The first-order valence-corrected chi connectivity index (χ1v) is 11.0. The number of anilines is 2. The van der Waals surface area contributed by atoms with Gasteiger partial charge in [0.1, 0.15) is 17.6 Å². The summed E-state index contributed by atoms with van der Waals surface area (Å²) < 4.78 is 18.5. The second kappa shape index (κ2) is 9.07. The van der Waals surface area contributed by atoms with Crippen molar-refractivity contribution in [2.75, 3.05) is 23.9 Å². The van der Waals surface area contributed by atoms with Gasteiger partial charge >= 0.3 is 12.0 Å². The van der Waals surface area contributed by atoms with Crippen LogP contribution in [0.15, 0.2) is 53.9 Å². The second-order valence-corrected chi connectivity index (χ2v) is 8.53. The third-order valence-corrected chi connectivity index (χ3v) is 6.48. The Hall–Kier alpha value is -3.66. The van der Waals surface area contributed by atoms with Crippen LogP contribution in [0.2, 0.25) is 0 Å². The summed E-state index contributed by atoms with van der Waals surface area (Å²) in [6.07, 6.45) is 1.70. The number of imide groups is 1. The van der Waals surface area contributed by atoms with E-state index < -0.39 is 40.9 Å². The molecule has 8 nitrogen and oxygen atoms in total. The summed E-state index contributed by atoms with van der Waals surface area (Å²) in [6, 6.07) is 9.03. The van der Waals surface area contributed by atoms with Crippen LogP contribution in [0, 0.1) is 12.7 Å².